The quantitative estimate of drug-likeness (QED) is 0.891. The Hall–Kier alpha value is -2.04. The van der Waals surface area contributed by atoms with E-state index in [1.54, 1.807) is 7.05 Å². The van der Waals surface area contributed by atoms with E-state index < -0.39 is 6.10 Å². The summed E-state index contributed by atoms with van der Waals surface area (Å²) in [6, 6.07) is 7.68. The highest BCUT2D eigenvalue weighted by Gasteiger charge is 2.31. The molecule has 0 aliphatic carbocycles. The van der Waals surface area contributed by atoms with Crippen molar-refractivity contribution in [3.8, 4) is 5.75 Å². The lowest BCUT2D eigenvalue weighted by molar-refractivity contribution is -0.140. The molecular weight excluding hydrogens is 256 g/mol. The number of hydrogen-bond acceptors (Lipinski definition) is 3. The fourth-order valence-electron chi connectivity index (χ4n) is 2.23. The molecule has 0 fully saturated rings. The summed E-state index contributed by atoms with van der Waals surface area (Å²) in [6.45, 7) is 3.82. The van der Waals surface area contributed by atoms with E-state index in [1.165, 1.54) is 4.90 Å². The monoisotopic (exact) mass is 276 g/mol. The van der Waals surface area contributed by atoms with Crippen LogP contribution < -0.4 is 10.1 Å². The third-order valence-corrected chi connectivity index (χ3v) is 3.13. The second kappa shape index (κ2) is 5.94. The Morgan fingerprint density at radius 1 is 1.40 bits per heavy atom. The molecule has 0 radical (unpaired) electrons. The Balaban J connectivity index is 1.91. The van der Waals surface area contributed by atoms with Crippen molar-refractivity contribution in [1.82, 2.24) is 10.2 Å². The van der Waals surface area contributed by atoms with E-state index in [0.29, 0.717) is 6.42 Å². The highest BCUT2D eigenvalue weighted by atomic mass is 16.5. The summed E-state index contributed by atoms with van der Waals surface area (Å²) in [7, 11) is 1.62. The second-order valence-corrected chi connectivity index (χ2v) is 5.33. The van der Waals surface area contributed by atoms with Gasteiger partial charge in [0.1, 0.15) is 5.75 Å². The van der Waals surface area contributed by atoms with Crippen LogP contribution in [0.15, 0.2) is 24.3 Å². The minimum Gasteiger partial charge on any atom is -0.480 e. The minimum atomic E-state index is -0.524. The number of para-hydroxylation sites is 1. The summed E-state index contributed by atoms with van der Waals surface area (Å²) < 4.78 is 5.63. The van der Waals surface area contributed by atoms with E-state index in [-0.39, 0.29) is 24.4 Å². The zero-order valence-electron chi connectivity index (χ0n) is 12.1. The first-order valence-corrected chi connectivity index (χ1v) is 6.76. The fourth-order valence-corrected chi connectivity index (χ4v) is 2.23. The predicted molar refractivity (Wildman–Crippen MR) is 75.5 cm³/mol. The van der Waals surface area contributed by atoms with Crippen LogP contribution in [0.1, 0.15) is 19.4 Å². The van der Waals surface area contributed by atoms with Gasteiger partial charge in [-0.3, -0.25) is 9.59 Å². The normalized spacial score (nSPS) is 16.5. The summed E-state index contributed by atoms with van der Waals surface area (Å²) >= 11 is 0. The van der Waals surface area contributed by atoms with Crippen LogP contribution in [-0.4, -0.2) is 42.5 Å². The fraction of sp³-hybridized carbons (Fsp3) is 0.467. The molecule has 1 aromatic carbocycles. The molecule has 20 heavy (non-hydrogen) atoms. The summed E-state index contributed by atoms with van der Waals surface area (Å²) in [5.41, 5.74) is 1.03. The Bertz CT molecular complexity index is 489. The van der Waals surface area contributed by atoms with Crippen LogP contribution in [0.4, 0.5) is 0 Å². The lowest BCUT2D eigenvalue weighted by atomic mass is 10.1. The standard InChI is InChI=1S/C15H20N2O3/c1-10(2)16-14(18)9-17(3)15(19)13-8-11-6-4-5-7-12(11)20-13/h4-7,10,13H,8-9H2,1-3H3,(H,16,18)/t13-/m0/s1. The number of hydrogen-bond donors (Lipinski definition) is 1. The minimum absolute atomic E-state index is 0.0488. The van der Waals surface area contributed by atoms with E-state index >= 15 is 0 Å². The number of nitrogens with zero attached hydrogens (tertiary/aromatic N) is 1. The summed E-state index contributed by atoms with van der Waals surface area (Å²) in [6.07, 6.45) is 0.0368. The number of benzene rings is 1. The van der Waals surface area contributed by atoms with Crippen molar-refractivity contribution in [2.24, 2.45) is 0 Å². The van der Waals surface area contributed by atoms with E-state index in [0.717, 1.165) is 11.3 Å². The van der Waals surface area contributed by atoms with Crippen LogP contribution in [0.3, 0.4) is 0 Å². The molecule has 0 spiro atoms. The second-order valence-electron chi connectivity index (χ2n) is 5.33. The molecule has 5 heteroatoms. The maximum Gasteiger partial charge on any atom is 0.264 e. The first kappa shape index (κ1) is 14.4. The molecule has 0 saturated heterocycles. The molecule has 0 saturated carbocycles. The number of rotatable bonds is 4. The lowest BCUT2D eigenvalue weighted by Crippen LogP contribution is -2.45. The molecule has 0 bridgehead atoms. The summed E-state index contributed by atoms with van der Waals surface area (Å²) in [5, 5.41) is 2.76. The molecule has 2 rings (SSSR count). The van der Waals surface area contributed by atoms with Crippen LogP contribution in [0.2, 0.25) is 0 Å². The molecule has 1 aliphatic rings. The van der Waals surface area contributed by atoms with Crippen molar-refractivity contribution < 1.29 is 14.3 Å². The Labute approximate surface area is 118 Å². The molecule has 5 nitrogen and oxygen atoms in total. The average molecular weight is 276 g/mol. The van der Waals surface area contributed by atoms with Gasteiger partial charge in [0.2, 0.25) is 5.91 Å². The molecular formula is C15H20N2O3. The topological polar surface area (TPSA) is 58.6 Å². The Kier molecular flexibility index (Phi) is 4.27. The van der Waals surface area contributed by atoms with Crippen molar-refractivity contribution >= 4 is 11.8 Å². The first-order valence-electron chi connectivity index (χ1n) is 6.76. The molecule has 2 amide bonds. The van der Waals surface area contributed by atoms with Crippen LogP contribution in [0, 0.1) is 0 Å². The van der Waals surface area contributed by atoms with Gasteiger partial charge in [0.05, 0.1) is 6.54 Å². The van der Waals surface area contributed by atoms with Gasteiger partial charge >= 0.3 is 0 Å². The van der Waals surface area contributed by atoms with Crippen LogP contribution in [0.5, 0.6) is 5.75 Å². The molecule has 1 atom stereocenters. The molecule has 0 aromatic heterocycles. The van der Waals surface area contributed by atoms with Gasteiger partial charge in [-0.05, 0) is 25.5 Å². The zero-order chi connectivity index (χ0) is 14.7. The number of ether oxygens (including phenoxy) is 1. The number of fused-ring (bicyclic) bond motifs is 1. The van der Waals surface area contributed by atoms with Gasteiger partial charge < -0.3 is 15.0 Å². The predicted octanol–water partition coefficient (Wildman–Crippen LogP) is 0.973. The van der Waals surface area contributed by atoms with E-state index in [4.69, 9.17) is 4.74 Å². The highest BCUT2D eigenvalue weighted by Crippen LogP contribution is 2.28. The SMILES string of the molecule is CC(C)NC(=O)CN(C)C(=O)[C@@H]1Cc2ccccc2O1. The molecule has 108 valence electrons. The Morgan fingerprint density at radius 2 is 2.10 bits per heavy atom. The maximum atomic E-state index is 12.3. The number of nitrogens with one attached hydrogen (secondary N) is 1. The van der Waals surface area contributed by atoms with E-state index in [9.17, 15) is 9.59 Å². The number of amides is 2. The van der Waals surface area contributed by atoms with Gasteiger partial charge in [-0.25, -0.2) is 0 Å². The molecule has 0 unspecified atom stereocenters. The number of likely N-dealkylation sites (N-methyl/N-ethyl adjacent to an activating group) is 1. The molecule has 1 N–H and O–H groups in total. The van der Waals surface area contributed by atoms with Crippen molar-refractivity contribution in [2.75, 3.05) is 13.6 Å². The number of carbonyl (C=O) groups excluding carboxylic acids is 2. The van der Waals surface area contributed by atoms with Crippen molar-refractivity contribution in [2.45, 2.75) is 32.4 Å². The van der Waals surface area contributed by atoms with Gasteiger partial charge in [-0.15, -0.1) is 0 Å². The average Bonchev–Trinajstić information content (AvgIpc) is 2.80. The highest BCUT2D eigenvalue weighted by molar-refractivity contribution is 5.87. The van der Waals surface area contributed by atoms with Crippen molar-refractivity contribution in [3.05, 3.63) is 29.8 Å². The van der Waals surface area contributed by atoms with Gasteiger partial charge in [0.25, 0.3) is 5.91 Å². The largest absolute Gasteiger partial charge is 0.480 e. The maximum absolute atomic E-state index is 12.3. The third-order valence-electron chi connectivity index (χ3n) is 3.13. The van der Waals surface area contributed by atoms with E-state index in [2.05, 4.69) is 5.32 Å². The first-order chi connectivity index (χ1) is 9.47. The van der Waals surface area contributed by atoms with Gasteiger partial charge in [0.15, 0.2) is 6.10 Å². The summed E-state index contributed by atoms with van der Waals surface area (Å²) in [5.74, 6) is 0.428. The van der Waals surface area contributed by atoms with Gasteiger partial charge in [-0.2, -0.15) is 0 Å². The third kappa shape index (κ3) is 3.29. The van der Waals surface area contributed by atoms with E-state index in [1.807, 2.05) is 38.1 Å². The van der Waals surface area contributed by atoms with Gasteiger partial charge in [-0.1, -0.05) is 18.2 Å². The van der Waals surface area contributed by atoms with Crippen LogP contribution >= 0.6 is 0 Å². The van der Waals surface area contributed by atoms with Gasteiger partial charge in [0, 0.05) is 19.5 Å². The lowest BCUT2D eigenvalue weighted by Gasteiger charge is -2.21. The molecule has 1 aliphatic heterocycles. The molecule has 1 heterocycles. The summed E-state index contributed by atoms with van der Waals surface area (Å²) in [4.78, 5) is 25.3. The van der Waals surface area contributed by atoms with Crippen molar-refractivity contribution in [3.63, 3.8) is 0 Å². The van der Waals surface area contributed by atoms with Crippen LogP contribution in [-0.2, 0) is 16.0 Å². The number of carbonyl (C=O) groups is 2. The van der Waals surface area contributed by atoms with Crippen molar-refractivity contribution in [1.29, 1.82) is 0 Å². The van der Waals surface area contributed by atoms with Crippen LogP contribution in [0.25, 0.3) is 0 Å². The molecule has 1 aromatic rings. The smallest absolute Gasteiger partial charge is 0.264 e. The zero-order valence-corrected chi connectivity index (χ0v) is 12.1. The Morgan fingerprint density at radius 3 is 2.75 bits per heavy atom.